The first-order valence-corrected chi connectivity index (χ1v) is 10.1. The van der Waals surface area contributed by atoms with E-state index in [1.807, 2.05) is 31.3 Å². The summed E-state index contributed by atoms with van der Waals surface area (Å²) >= 11 is 0. The van der Waals surface area contributed by atoms with E-state index in [-0.39, 0.29) is 12.3 Å². The lowest BCUT2D eigenvalue weighted by Crippen LogP contribution is -2.10. The maximum Gasteiger partial charge on any atom is 0.307 e. The van der Waals surface area contributed by atoms with Crippen LogP contribution >= 0.6 is 0 Å². The number of aliphatic carboxylic acids is 1. The first-order chi connectivity index (χ1) is 15.4. The molecule has 7 heteroatoms. The average Bonchev–Trinajstić information content (AvgIpc) is 3.08. The van der Waals surface area contributed by atoms with Crippen LogP contribution in [0.15, 0.2) is 66.7 Å². The summed E-state index contributed by atoms with van der Waals surface area (Å²) in [5.74, 6) is -1.69. The number of carbonyl (C=O) groups is 2. The highest BCUT2D eigenvalue weighted by Gasteiger charge is 2.28. The molecular weight excluding hydrogens is 409 g/mol. The van der Waals surface area contributed by atoms with Gasteiger partial charge in [0.15, 0.2) is 0 Å². The number of amides is 1. The Morgan fingerprint density at radius 1 is 1.00 bits per heavy atom. The molecule has 1 amide bonds. The van der Waals surface area contributed by atoms with E-state index in [0.29, 0.717) is 33.6 Å². The molecule has 0 atom stereocenters. The van der Waals surface area contributed by atoms with Crippen LogP contribution in [0.4, 0.5) is 15.8 Å². The summed E-state index contributed by atoms with van der Waals surface area (Å²) in [4.78, 5) is 23.9. The van der Waals surface area contributed by atoms with Crippen LogP contribution in [0.3, 0.4) is 0 Å². The summed E-state index contributed by atoms with van der Waals surface area (Å²) in [6.45, 7) is 0.737. The number of fused-ring (bicyclic) bond motifs is 1. The van der Waals surface area contributed by atoms with E-state index in [1.165, 1.54) is 12.1 Å². The molecule has 3 aromatic rings. The SMILES string of the molecule is CNCc1ccc(N/C(=C2\C(=O)Nc3cc(F)ccc32)c2ccc(CC(=O)O)cc2)cc1. The van der Waals surface area contributed by atoms with Gasteiger partial charge in [0.1, 0.15) is 5.82 Å². The lowest BCUT2D eigenvalue weighted by atomic mass is 9.98. The van der Waals surface area contributed by atoms with Crippen molar-refractivity contribution in [2.24, 2.45) is 0 Å². The number of hydrogen-bond acceptors (Lipinski definition) is 4. The second-order valence-electron chi connectivity index (χ2n) is 7.51. The van der Waals surface area contributed by atoms with Crippen LogP contribution in [0.5, 0.6) is 0 Å². The van der Waals surface area contributed by atoms with Gasteiger partial charge in [0, 0.05) is 17.8 Å². The van der Waals surface area contributed by atoms with Crippen molar-refractivity contribution in [2.75, 3.05) is 17.7 Å². The normalized spacial score (nSPS) is 14.0. The molecule has 4 rings (SSSR count). The molecule has 0 saturated heterocycles. The number of carboxylic acids is 1. The van der Waals surface area contributed by atoms with E-state index >= 15 is 0 Å². The number of rotatable bonds is 7. The van der Waals surface area contributed by atoms with Gasteiger partial charge in [0.25, 0.3) is 5.91 Å². The number of nitrogens with one attached hydrogen (secondary N) is 3. The highest BCUT2D eigenvalue weighted by Crippen LogP contribution is 2.38. The van der Waals surface area contributed by atoms with Gasteiger partial charge in [-0.15, -0.1) is 0 Å². The zero-order chi connectivity index (χ0) is 22.7. The molecule has 0 unspecified atom stereocenters. The molecule has 32 heavy (non-hydrogen) atoms. The summed E-state index contributed by atoms with van der Waals surface area (Å²) in [6, 6.07) is 19.0. The zero-order valence-electron chi connectivity index (χ0n) is 17.4. The molecule has 0 saturated carbocycles. The van der Waals surface area contributed by atoms with Crippen LogP contribution in [0, 0.1) is 5.82 Å². The second-order valence-corrected chi connectivity index (χ2v) is 7.51. The number of halogens is 1. The third kappa shape index (κ3) is 4.53. The van der Waals surface area contributed by atoms with Crippen molar-refractivity contribution in [3.05, 3.63) is 94.8 Å². The molecule has 3 aromatic carbocycles. The highest BCUT2D eigenvalue weighted by atomic mass is 19.1. The topological polar surface area (TPSA) is 90.5 Å². The number of hydrogen-bond donors (Lipinski definition) is 4. The van der Waals surface area contributed by atoms with Crippen molar-refractivity contribution >= 4 is 34.5 Å². The van der Waals surface area contributed by atoms with Gasteiger partial charge in [-0.3, -0.25) is 9.59 Å². The maximum atomic E-state index is 13.7. The van der Waals surface area contributed by atoms with E-state index < -0.39 is 11.8 Å². The third-order valence-corrected chi connectivity index (χ3v) is 5.18. The van der Waals surface area contributed by atoms with Crippen LogP contribution < -0.4 is 16.0 Å². The van der Waals surface area contributed by atoms with Crippen LogP contribution in [0.1, 0.15) is 22.3 Å². The van der Waals surface area contributed by atoms with E-state index in [1.54, 1.807) is 30.3 Å². The quantitative estimate of drug-likeness (QED) is 0.423. The standard InChI is InChI=1S/C25H22FN3O3/c1-27-14-16-4-9-19(10-5-16)28-24(17-6-2-15(3-7-17)12-22(30)31)23-20-11-8-18(26)13-21(20)29-25(23)32/h2-11,13,27-28H,12,14H2,1H3,(H,29,32)(H,30,31)/b24-23-. The Bertz CT molecular complexity index is 1200. The Labute approximate surface area is 184 Å². The Balaban J connectivity index is 1.79. The molecule has 0 spiro atoms. The fraction of sp³-hybridized carbons (Fsp3) is 0.120. The number of benzene rings is 3. The molecule has 0 aliphatic carbocycles. The van der Waals surface area contributed by atoms with Crippen LogP contribution in [0.25, 0.3) is 11.3 Å². The molecule has 1 aliphatic rings. The zero-order valence-corrected chi connectivity index (χ0v) is 17.4. The van der Waals surface area contributed by atoms with Crippen molar-refractivity contribution < 1.29 is 19.1 Å². The molecule has 1 heterocycles. The van der Waals surface area contributed by atoms with E-state index in [0.717, 1.165) is 17.8 Å². The molecule has 0 aromatic heterocycles. The Morgan fingerprint density at radius 2 is 1.69 bits per heavy atom. The van der Waals surface area contributed by atoms with Crippen molar-refractivity contribution in [2.45, 2.75) is 13.0 Å². The smallest absolute Gasteiger partial charge is 0.307 e. The van der Waals surface area contributed by atoms with Crippen molar-refractivity contribution in [1.82, 2.24) is 5.32 Å². The largest absolute Gasteiger partial charge is 0.481 e. The van der Waals surface area contributed by atoms with Gasteiger partial charge in [-0.05, 0) is 54.1 Å². The molecule has 6 nitrogen and oxygen atoms in total. The molecule has 162 valence electrons. The maximum absolute atomic E-state index is 13.7. The average molecular weight is 431 g/mol. The van der Waals surface area contributed by atoms with E-state index in [9.17, 15) is 14.0 Å². The number of carbonyl (C=O) groups excluding carboxylic acids is 1. The predicted octanol–water partition coefficient (Wildman–Crippen LogP) is 4.10. The molecule has 0 radical (unpaired) electrons. The fourth-order valence-electron chi connectivity index (χ4n) is 3.69. The fourth-order valence-corrected chi connectivity index (χ4v) is 3.69. The van der Waals surface area contributed by atoms with Gasteiger partial charge in [-0.25, -0.2) is 4.39 Å². The summed E-state index contributed by atoms with van der Waals surface area (Å²) in [5, 5.41) is 18.2. The number of carboxylic acid groups (broad SMARTS) is 1. The molecule has 0 bridgehead atoms. The van der Waals surface area contributed by atoms with Gasteiger partial charge in [-0.2, -0.15) is 0 Å². The van der Waals surface area contributed by atoms with Gasteiger partial charge < -0.3 is 21.1 Å². The lowest BCUT2D eigenvalue weighted by Gasteiger charge is -2.15. The highest BCUT2D eigenvalue weighted by molar-refractivity contribution is 6.37. The predicted molar refractivity (Wildman–Crippen MR) is 122 cm³/mol. The van der Waals surface area contributed by atoms with Gasteiger partial charge in [0.2, 0.25) is 0 Å². The van der Waals surface area contributed by atoms with Gasteiger partial charge >= 0.3 is 5.97 Å². The Morgan fingerprint density at radius 3 is 2.34 bits per heavy atom. The summed E-state index contributed by atoms with van der Waals surface area (Å²) < 4.78 is 13.7. The van der Waals surface area contributed by atoms with Gasteiger partial charge in [0.05, 0.1) is 23.4 Å². The molecule has 4 N–H and O–H groups in total. The van der Waals surface area contributed by atoms with Crippen LogP contribution in [-0.2, 0) is 22.6 Å². The van der Waals surface area contributed by atoms with E-state index in [2.05, 4.69) is 16.0 Å². The Hall–Kier alpha value is -3.97. The summed E-state index contributed by atoms with van der Waals surface area (Å²) in [6.07, 6.45) is -0.0882. The molecule has 0 fully saturated rings. The third-order valence-electron chi connectivity index (χ3n) is 5.18. The first-order valence-electron chi connectivity index (χ1n) is 10.1. The minimum atomic E-state index is -0.915. The van der Waals surface area contributed by atoms with Crippen molar-refractivity contribution in [3.8, 4) is 0 Å². The first kappa shape index (κ1) is 21.3. The van der Waals surface area contributed by atoms with Crippen LogP contribution in [-0.4, -0.2) is 24.0 Å². The Kier molecular flexibility index (Phi) is 6.00. The molecule has 1 aliphatic heterocycles. The minimum Gasteiger partial charge on any atom is -0.481 e. The monoisotopic (exact) mass is 431 g/mol. The number of anilines is 2. The molecular formula is C25H22FN3O3. The van der Waals surface area contributed by atoms with Crippen molar-refractivity contribution in [3.63, 3.8) is 0 Å². The van der Waals surface area contributed by atoms with Crippen LogP contribution in [0.2, 0.25) is 0 Å². The van der Waals surface area contributed by atoms with Crippen molar-refractivity contribution in [1.29, 1.82) is 0 Å². The summed E-state index contributed by atoms with van der Waals surface area (Å²) in [7, 11) is 1.88. The van der Waals surface area contributed by atoms with Gasteiger partial charge in [-0.1, -0.05) is 36.4 Å². The summed E-state index contributed by atoms with van der Waals surface area (Å²) in [5.41, 5.74) is 5.22. The lowest BCUT2D eigenvalue weighted by molar-refractivity contribution is -0.136. The minimum absolute atomic E-state index is 0.0882. The second kappa shape index (κ2) is 9.03. The van der Waals surface area contributed by atoms with E-state index in [4.69, 9.17) is 5.11 Å².